The summed E-state index contributed by atoms with van der Waals surface area (Å²) in [6, 6.07) is 0.0742. The molecule has 1 heterocycles. The number of carbonyl (C=O) groups is 2. The van der Waals surface area contributed by atoms with Gasteiger partial charge in [-0.25, -0.2) is 0 Å². The van der Waals surface area contributed by atoms with Crippen LogP contribution < -0.4 is 5.32 Å². The zero-order valence-corrected chi connectivity index (χ0v) is 8.91. The minimum atomic E-state index is -0.404. The highest BCUT2D eigenvalue weighted by atomic mass is 16.2. The van der Waals surface area contributed by atoms with Crippen LogP contribution in [0.4, 0.5) is 0 Å². The number of likely N-dealkylation sites (N-methyl/N-ethyl adjacent to an activating group) is 2. The van der Waals surface area contributed by atoms with Crippen molar-refractivity contribution >= 4 is 11.8 Å². The van der Waals surface area contributed by atoms with Crippen LogP contribution in [0, 0.1) is 0 Å². The Bertz CT molecular complexity index is 242. The van der Waals surface area contributed by atoms with Crippen molar-refractivity contribution in [2.75, 3.05) is 33.7 Å². The molecule has 1 aliphatic heterocycles. The van der Waals surface area contributed by atoms with E-state index in [9.17, 15) is 9.59 Å². The number of rotatable bonds is 3. The lowest BCUT2D eigenvalue weighted by atomic mass is 10.2. The van der Waals surface area contributed by atoms with E-state index in [2.05, 4.69) is 5.32 Å². The van der Waals surface area contributed by atoms with E-state index in [-0.39, 0.29) is 11.9 Å². The predicted octanol–water partition coefficient (Wildman–Crippen LogP) is -1.11. The van der Waals surface area contributed by atoms with Gasteiger partial charge in [0, 0.05) is 32.7 Å². The summed E-state index contributed by atoms with van der Waals surface area (Å²) in [6.07, 6.45) is 0. The fraction of sp³-hybridized carbons (Fsp3) is 0.778. The van der Waals surface area contributed by atoms with Gasteiger partial charge in [0.05, 0.1) is 0 Å². The quantitative estimate of drug-likeness (QED) is 0.587. The summed E-state index contributed by atoms with van der Waals surface area (Å²) in [4.78, 5) is 26.0. The third kappa shape index (κ3) is 2.04. The van der Waals surface area contributed by atoms with E-state index in [0.717, 1.165) is 0 Å². The van der Waals surface area contributed by atoms with E-state index in [0.29, 0.717) is 19.6 Å². The molecule has 0 aliphatic carbocycles. The van der Waals surface area contributed by atoms with Crippen molar-refractivity contribution in [1.82, 2.24) is 15.1 Å². The van der Waals surface area contributed by atoms with Gasteiger partial charge >= 0.3 is 11.8 Å². The first-order valence-corrected chi connectivity index (χ1v) is 4.78. The first-order chi connectivity index (χ1) is 6.57. The second kappa shape index (κ2) is 4.41. The fourth-order valence-corrected chi connectivity index (χ4v) is 1.57. The van der Waals surface area contributed by atoms with Crippen LogP contribution in [0.3, 0.4) is 0 Å². The van der Waals surface area contributed by atoms with Crippen molar-refractivity contribution < 1.29 is 9.59 Å². The van der Waals surface area contributed by atoms with E-state index < -0.39 is 5.91 Å². The highest BCUT2D eigenvalue weighted by Crippen LogP contribution is 2.06. The number of nitrogens with one attached hydrogen (secondary N) is 1. The molecule has 0 radical (unpaired) electrons. The zero-order chi connectivity index (χ0) is 10.7. The molecular formula is C9H17N3O2. The molecule has 1 rings (SSSR count). The zero-order valence-electron chi connectivity index (χ0n) is 8.91. The Hall–Kier alpha value is -1.10. The summed E-state index contributed by atoms with van der Waals surface area (Å²) in [6.45, 7) is 3.90. The van der Waals surface area contributed by atoms with Crippen molar-refractivity contribution in [3.05, 3.63) is 0 Å². The molecule has 0 spiro atoms. The molecule has 0 aromatic rings. The lowest BCUT2D eigenvalue weighted by Gasteiger charge is -2.35. The molecule has 0 aromatic carbocycles. The van der Waals surface area contributed by atoms with Crippen LogP contribution in [0.2, 0.25) is 0 Å². The number of nitrogens with zero attached hydrogens (tertiary/aromatic N) is 2. The fourth-order valence-electron chi connectivity index (χ4n) is 1.57. The van der Waals surface area contributed by atoms with E-state index >= 15 is 0 Å². The molecule has 1 aliphatic rings. The van der Waals surface area contributed by atoms with Crippen molar-refractivity contribution in [1.29, 1.82) is 0 Å². The average Bonchev–Trinajstić information content (AvgIpc) is 2.15. The number of hydrogen-bond donors (Lipinski definition) is 1. The first-order valence-electron chi connectivity index (χ1n) is 4.78. The standard InChI is InChI=1S/C9H17N3O2/c1-7(6-10-2)12-5-4-11(3)8(13)9(12)14/h7,10H,4-6H2,1-3H3. The van der Waals surface area contributed by atoms with E-state index in [1.54, 1.807) is 11.9 Å². The molecule has 5 heteroatoms. The van der Waals surface area contributed by atoms with E-state index in [1.165, 1.54) is 4.90 Å². The van der Waals surface area contributed by atoms with Crippen molar-refractivity contribution in [2.45, 2.75) is 13.0 Å². The molecule has 1 fully saturated rings. The molecule has 0 bridgehead atoms. The van der Waals surface area contributed by atoms with Gasteiger partial charge in [-0.05, 0) is 14.0 Å². The first kappa shape index (κ1) is 11.0. The SMILES string of the molecule is CNCC(C)N1CCN(C)C(=O)C1=O. The molecular weight excluding hydrogens is 182 g/mol. The van der Waals surface area contributed by atoms with Gasteiger partial charge in [0.25, 0.3) is 0 Å². The molecule has 14 heavy (non-hydrogen) atoms. The summed E-state index contributed by atoms with van der Waals surface area (Å²) < 4.78 is 0. The molecule has 1 atom stereocenters. The summed E-state index contributed by atoms with van der Waals surface area (Å²) in [7, 11) is 3.49. The predicted molar refractivity (Wildman–Crippen MR) is 52.7 cm³/mol. The van der Waals surface area contributed by atoms with Crippen LogP contribution in [-0.2, 0) is 9.59 Å². The van der Waals surface area contributed by atoms with Gasteiger partial charge < -0.3 is 15.1 Å². The smallest absolute Gasteiger partial charge is 0.312 e. The summed E-state index contributed by atoms with van der Waals surface area (Å²) in [5, 5.41) is 2.99. The topological polar surface area (TPSA) is 52.6 Å². The Morgan fingerprint density at radius 1 is 1.36 bits per heavy atom. The Morgan fingerprint density at radius 3 is 2.57 bits per heavy atom. The highest BCUT2D eigenvalue weighted by molar-refractivity contribution is 6.35. The van der Waals surface area contributed by atoms with Crippen LogP contribution in [0.5, 0.6) is 0 Å². The average molecular weight is 199 g/mol. The lowest BCUT2D eigenvalue weighted by Crippen LogP contribution is -2.57. The van der Waals surface area contributed by atoms with Gasteiger partial charge in [-0.2, -0.15) is 0 Å². The molecule has 5 nitrogen and oxygen atoms in total. The second-order valence-electron chi connectivity index (χ2n) is 3.63. The van der Waals surface area contributed by atoms with Gasteiger partial charge in [-0.3, -0.25) is 9.59 Å². The third-order valence-corrected chi connectivity index (χ3v) is 2.50. The molecule has 0 aromatic heterocycles. The van der Waals surface area contributed by atoms with E-state index in [1.807, 2.05) is 14.0 Å². The Morgan fingerprint density at radius 2 is 2.00 bits per heavy atom. The molecule has 1 saturated heterocycles. The highest BCUT2D eigenvalue weighted by Gasteiger charge is 2.32. The van der Waals surface area contributed by atoms with Crippen molar-refractivity contribution in [3.63, 3.8) is 0 Å². The number of hydrogen-bond acceptors (Lipinski definition) is 3. The number of amides is 2. The lowest BCUT2D eigenvalue weighted by molar-refractivity contribution is -0.156. The maximum atomic E-state index is 11.6. The summed E-state index contributed by atoms with van der Waals surface area (Å²) >= 11 is 0. The minimum Gasteiger partial charge on any atom is -0.336 e. The molecule has 80 valence electrons. The molecule has 1 N–H and O–H groups in total. The Kier molecular flexibility index (Phi) is 3.46. The molecule has 1 unspecified atom stereocenters. The van der Waals surface area contributed by atoms with Crippen molar-refractivity contribution in [2.24, 2.45) is 0 Å². The monoisotopic (exact) mass is 199 g/mol. The van der Waals surface area contributed by atoms with Gasteiger partial charge in [0.15, 0.2) is 0 Å². The van der Waals surface area contributed by atoms with Crippen LogP contribution in [0.25, 0.3) is 0 Å². The normalized spacial score (nSPS) is 20.2. The Labute approximate surface area is 84.0 Å². The number of piperazine rings is 1. The molecule has 2 amide bonds. The van der Waals surface area contributed by atoms with Crippen molar-refractivity contribution in [3.8, 4) is 0 Å². The van der Waals surface area contributed by atoms with Gasteiger partial charge in [-0.1, -0.05) is 0 Å². The van der Waals surface area contributed by atoms with E-state index in [4.69, 9.17) is 0 Å². The maximum absolute atomic E-state index is 11.6. The summed E-state index contributed by atoms with van der Waals surface area (Å²) in [5.74, 6) is -0.791. The number of carbonyl (C=O) groups excluding carboxylic acids is 2. The van der Waals surface area contributed by atoms with Crippen LogP contribution in [0.1, 0.15) is 6.92 Å². The largest absolute Gasteiger partial charge is 0.336 e. The third-order valence-electron chi connectivity index (χ3n) is 2.50. The second-order valence-corrected chi connectivity index (χ2v) is 3.63. The van der Waals surface area contributed by atoms with Gasteiger partial charge in [-0.15, -0.1) is 0 Å². The minimum absolute atomic E-state index is 0.0742. The summed E-state index contributed by atoms with van der Waals surface area (Å²) in [5.41, 5.74) is 0. The van der Waals surface area contributed by atoms with Crippen LogP contribution >= 0.6 is 0 Å². The molecule has 0 saturated carbocycles. The van der Waals surface area contributed by atoms with Gasteiger partial charge in [0.1, 0.15) is 0 Å². The van der Waals surface area contributed by atoms with Crippen LogP contribution in [0.15, 0.2) is 0 Å². The Balaban J connectivity index is 2.63. The van der Waals surface area contributed by atoms with Gasteiger partial charge in [0.2, 0.25) is 0 Å². The van der Waals surface area contributed by atoms with Crippen LogP contribution in [-0.4, -0.2) is 61.4 Å². The maximum Gasteiger partial charge on any atom is 0.312 e.